The van der Waals surface area contributed by atoms with Crippen LogP contribution >= 0.6 is 0 Å². The van der Waals surface area contributed by atoms with Crippen LogP contribution in [0.4, 0.5) is 8.78 Å². The minimum Gasteiger partial charge on any atom is -0.348 e. The van der Waals surface area contributed by atoms with Crippen LogP contribution in [0.5, 0.6) is 0 Å². The number of halogens is 2. The quantitative estimate of drug-likeness (QED) is 0.726. The molecule has 0 bridgehead atoms. The Morgan fingerprint density at radius 2 is 1.73 bits per heavy atom. The van der Waals surface area contributed by atoms with Crippen molar-refractivity contribution >= 4 is 5.91 Å². The molecule has 1 N–H and O–H groups in total. The summed E-state index contributed by atoms with van der Waals surface area (Å²) >= 11 is 0. The lowest BCUT2D eigenvalue weighted by Crippen LogP contribution is -2.41. The van der Waals surface area contributed by atoms with Gasteiger partial charge < -0.3 is 5.32 Å². The molecule has 88 valence electrons. The van der Waals surface area contributed by atoms with Gasteiger partial charge in [0.25, 0.3) is 5.91 Å². The summed E-state index contributed by atoms with van der Waals surface area (Å²) < 4.78 is 24.0. The summed E-state index contributed by atoms with van der Waals surface area (Å²) in [4.78, 5) is 10.8. The van der Waals surface area contributed by atoms with E-state index in [2.05, 4.69) is 5.32 Å². The van der Waals surface area contributed by atoms with Crippen molar-refractivity contribution in [3.63, 3.8) is 0 Å². The number of hydrogen-bond acceptors (Lipinski definition) is 1. The van der Waals surface area contributed by atoms with E-state index in [4.69, 9.17) is 0 Å². The SMILES string of the molecule is C[C@H](NC(=O)C(F)F)C1CCCCCC1. The molecule has 1 atom stereocenters. The average Bonchev–Trinajstić information content (AvgIpc) is 2.45. The Balaban J connectivity index is 2.37. The van der Waals surface area contributed by atoms with Gasteiger partial charge in [0.05, 0.1) is 0 Å². The molecule has 0 heterocycles. The van der Waals surface area contributed by atoms with Crippen molar-refractivity contribution in [2.75, 3.05) is 0 Å². The first kappa shape index (κ1) is 12.4. The van der Waals surface area contributed by atoms with Crippen LogP contribution in [0.3, 0.4) is 0 Å². The largest absolute Gasteiger partial charge is 0.348 e. The van der Waals surface area contributed by atoms with Gasteiger partial charge in [-0.25, -0.2) is 0 Å². The van der Waals surface area contributed by atoms with E-state index in [0.29, 0.717) is 5.92 Å². The molecule has 1 aliphatic rings. The Labute approximate surface area is 89.4 Å². The maximum absolute atomic E-state index is 12.0. The number of rotatable bonds is 3. The van der Waals surface area contributed by atoms with Crippen molar-refractivity contribution in [1.82, 2.24) is 5.32 Å². The second-order valence-corrected chi connectivity index (χ2v) is 4.35. The second-order valence-electron chi connectivity index (χ2n) is 4.35. The standard InChI is InChI=1S/C11H19F2NO/c1-8(14-11(15)10(12)13)9-6-4-2-3-5-7-9/h8-10H,2-7H2,1H3,(H,14,15)/t8-/m0/s1. The molecule has 15 heavy (non-hydrogen) atoms. The Morgan fingerprint density at radius 3 is 2.20 bits per heavy atom. The van der Waals surface area contributed by atoms with E-state index < -0.39 is 12.3 Å². The lowest BCUT2D eigenvalue weighted by atomic mass is 9.93. The van der Waals surface area contributed by atoms with Gasteiger partial charge in [-0.3, -0.25) is 4.79 Å². The average molecular weight is 219 g/mol. The first-order chi connectivity index (χ1) is 7.11. The number of hydrogen-bond donors (Lipinski definition) is 1. The Morgan fingerprint density at radius 1 is 1.20 bits per heavy atom. The van der Waals surface area contributed by atoms with Gasteiger partial charge >= 0.3 is 6.43 Å². The number of amides is 1. The van der Waals surface area contributed by atoms with Crippen molar-refractivity contribution < 1.29 is 13.6 Å². The third-order valence-corrected chi connectivity index (χ3v) is 3.18. The van der Waals surface area contributed by atoms with E-state index in [-0.39, 0.29) is 6.04 Å². The fourth-order valence-corrected chi connectivity index (χ4v) is 2.22. The summed E-state index contributed by atoms with van der Waals surface area (Å²) in [5, 5.41) is 2.39. The summed E-state index contributed by atoms with van der Waals surface area (Å²) in [6.45, 7) is 1.83. The number of nitrogens with one attached hydrogen (secondary N) is 1. The number of alkyl halides is 2. The first-order valence-corrected chi connectivity index (χ1v) is 5.70. The molecule has 1 rings (SSSR count). The zero-order chi connectivity index (χ0) is 11.3. The highest BCUT2D eigenvalue weighted by Crippen LogP contribution is 2.25. The van der Waals surface area contributed by atoms with E-state index >= 15 is 0 Å². The molecule has 0 aliphatic heterocycles. The molecule has 0 unspecified atom stereocenters. The lowest BCUT2D eigenvalue weighted by Gasteiger charge is -2.23. The molecule has 1 aliphatic carbocycles. The minimum atomic E-state index is -2.89. The molecule has 0 spiro atoms. The molecule has 0 aromatic carbocycles. The van der Waals surface area contributed by atoms with Gasteiger partial charge in [-0.1, -0.05) is 25.7 Å². The molecular formula is C11H19F2NO. The number of carbonyl (C=O) groups excluding carboxylic acids is 1. The summed E-state index contributed by atoms with van der Waals surface area (Å²) in [7, 11) is 0. The van der Waals surface area contributed by atoms with Crippen molar-refractivity contribution in [2.45, 2.75) is 57.9 Å². The molecule has 0 radical (unpaired) electrons. The van der Waals surface area contributed by atoms with Crippen molar-refractivity contribution in [1.29, 1.82) is 0 Å². The third kappa shape index (κ3) is 4.14. The summed E-state index contributed by atoms with van der Waals surface area (Å²) in [6.07, 6.45) is 3.96. The van der Waals surface area contributed by atoms with Gasteiger partial charge in [-0.05, 0) is 25.7 Å². The van der Waals surface area contributed by atoms with Gasteiger partial charge in [0.15, 0.2) is 0 Å². The normalized spacial score (nSPS) is 21.1. The van der Waals surface area contributed by atoms with Crippen LogP contribution in [0.2, 0.25) is 0 Å². The maximum atomic E-state index is 12.0. The monoisotopic (exact) mass is 219 g/mol. The Hall–Kier alpha value is -0.670. The summed E-state index contributed by atoms with van der Waals surface area (Å²) in [5.74, 6) is -0.762. The highest BCUT2D eigenvalue weighted by Gasteiger charge is 2.23. The zero-order valence-corrected chi connectivity index (χ0v) is 9.14. The topological polar surface area (TPSA) is 29.1 Å². The zero-order valence-electron chi connectivity index (χ0n) is 9.14. The molecule has 0 saturated heterocycles. The lowest BCUT2D eigenvalue weighted by molar-refractivity contribution is -0.132. The molecule has 1 saturated carbocycles. The van der Waals surface area contributed by atoms with E-state index in [1.807, 2.05) is 6.92 Å². The van der Waals surface area contributed by atoms with E-state index in [0.717, 1.165) is 25.7 Å². The Bertz CT molecular complexity index is 201. The van der Waals surface area contributed by atoms with Crippen LogP contribution in [0.1, 0.15) is 45.4 Å². The fraction of sp³-hybridized carbons (Fsp3) is 0.909. The smallest absolute Gasteiger partial charge is 0.315 e. The molecule has 1 fully saturated rings. The van der Waals surface area contributed by atoms with Crippen LogP contribution in [0.25, 0.3) is 0 Å². The van der Waals surface area contributed by atoms with E-state index in [1.54, 1.807) is 0 Å². The van der Waals surface area contributed by atoms with Gasteiger partial charge in [-0.15, -0.1) is 0 Å². The predicted molar refractivity (Wildman–Crippen MR) is 54.8 cm³/mol. The highest BCUT2D eigenvalue weighted by molar-refractivity contribution is 5.79. The fourth-order valence-electron chi connectivity index (χ4n) is 2.22. The van der Waals surface area contributed by atoms with Gasteiger partial charge in [0, 0.05) is 6.04 Å². The predicted octanol–water partition coefficient (Wildman–Crippen LogP) is 2.73. The molecule has 1 amide bonds. The maximum Gasteiger partial charge on any atom is 0.315 e. The molecule has 4 heteroatoms. The van der Waals surface area contributed by atoms with Crippen molar-refractivity contribution in [2.24, 2.45) is 5.92 Å². The van der Waals surface area contributed by atoms with Crippen molar-refractivity contribution in [3.05, 3.63) is 0 Å². The van der Waals surface area contributed by atoms with Crippen molar-refractivity contribution in [3.8, 4) is 0 Å². The van der Waals surface area contributed by atoms with E-state index in [9.17, 15) is 13.6 Å². The molecule has 0 aromatic heterocycles. The molecule has 0 aromatic rings. The minimum absolute atomic E-state index is 0.121. The first-order valence-electron chi connectivity index (χ1n) is 5.70. The van der Waals surface area contributed by atoms with Crippen LogP contribution < -0.4 is 5.32 Å². The van der Waals surface area contributed by atoms with Gasteiger partial charge in [0.1, 0.15) is 0 Å². The van der Waals surface area contributed by atoms with Gasteiger partial charge in [0.2, 0.25) is 0 Å². The van der Waals surface area contributed by atoms with Crippen LogP contribution in [0.15, 0.2) is 0 Å². The van der Waals surface area contributed by atoms with Crippen LogP contribution in [0, 0.1) is 5.92 Å². The van der Waals surface area contributed by atoms with E-state index in [1.165, 1.54) is 12.8 Å². The van der Waals surface area contributed by atoms with Crippen LogP contribution in [-0.4, -0.2) is 18.4 Å². The Kier molecular flexibility index (Phi) is 4.99. The summed E-state index contributed by atoms with van der Waals surface area (Å²) in [5.41, 5.74) is 0. The van der Waals surface area contributed by atoms with Gasteiger partial charge in [-0.2, -0.15) is 8.78 Å². The third-order valence-electron chi connectivity index (χ3n) is 3.18. The number of carbonyl (C=O) groups is 1. The second kappa shape index (κ2) is 6.03. The molecular weight excluding hydrogens is 200 g/mol. The van der Waals surface area contributed by atoms with Crippen LogP contribution in [-0.2, 0) is 4.79 Å². The molecule has 2 nitrogen and oxygen atoms in total. The highest BCUT2D eigenvalue weighted by atomic mass is 19.3. The summed E-state index contributed by atoms with van der Waals surface area (Å²) in [6, 6.07) is -0.121.